The Bertz CT molecular complexity index is 1200. The molecule has 4 rings (SSSR count). The topological polar surface area (TPSA) is 132 Å². The van der Waals surface area contributed by atoms with E-state index in [1.807, 2.05) is 24.3 Å². The number of unbranched alkanes of at least 4 members (excludes halogenated alkanes) is 1. The molecule has 0 aliphatic carbocycles. The zero-order valence-corrected chi connectivity index (χ0v) is 24.8. The van der Waals surface area contributed by atoms with Crippen molar-refractivity contribution in [1.82, 2.24) is 19.7 Å². The van der Waals surface area contributed by atoms with Crippen molar-refractivity contribution in [2.24, 2.45) is 0 Å². The molecule has 1 aromatic heterocycles. The number of piperidine rings is 1. The molecule has 40 heavy (non-hydrogen) atoms. The van der Waals surface area contributed by atoms with Crippen LogP contribution in [-0.2, 0) is 14.8 Å². The zero-order valence-electron chi connectivity index (χ0n) is 22.4. The van der Waals surface area contributed by atoms with E-state index in [0.717, 1.165) is 24.3 Å². The van der Waals surface area contributed by atoms with Crippen LogP contribution < -0.4 is 15.1 Å². The fourth-order valence-corrected chi connectivity index (χ4v) is 7.09. The van der Waals surface area contributed by atoms with Crippen LogP contribution >= 0.6 is 24.8 Å². The largest absolute Gasteiger partial charge is 0.494 e. The number of benzene rings is 1. The predicted molar refractivity (Wildman–Crippen MR) is 156 cm³/mol. The Balaban J connectivity index is 0.00000280. The Kier molecular flexibility index (Phi) is 12.4. The van der Waals surface area contributed by atoms with Crippen molar-refractivity contribution in [2.75, 3.05) is 50.8 Å². The Morgan fingerprint density at radius 3 is 2.12 bits per heavy atom. The summed E-state index contributed by atoms with van der Waals surface area (Å²) in [4.78, 5) is 33.2. The second kappa shape index (κ2) is 14.8. The number of sulfonamides is 1. The van der Waals surface area contributed by atoms with Crippen molar-refractivity contribution < 1.29 is 28.0 Å². The summed E-state index contributed by atoms with van der Waals surface area (Å²) in [5, 5.41) is 9.46. The average Bonchev–Trinajstić information content (AvgIpc) is 2.97. The first-order valence-corrected chi connectivity index (χ1v) is 14.4. The van der Waals surface area contributed by atoms with Gasteiger partial charge < -0.3 is 14.5 Å². The van der Waals surface area contributed by atoms with E-state index >= 15 is 0 Å². The average molecular weight is 619 g/mol. The lowest BCUT2D eigenvalue weighted by Gasteiger charge is -2.44. The van der Waals surface area contributed by atoms with E-state index in [1.54, 1.807) is 17.6 Å². The van der Waals surface area contributed by atoms with Gasteiger partial charge in [0.25, 0.3) is 11.8 Å². The normalized spacial score (nSPS) is 17.2. The maximum absolute atomic E-state index is 13.8. The Morgan fingerprint density at radius 1 is 0.975 bits per heavy atom. The molecule has 11 nitrogen and oxygen atoms in total. The maximum atomic E-state index is 13.8. The first-order valence-electron chi connectivity index (χ1n) is 12.9. The highest BCUT2D eigenvalue weighted by Crippen LogP contribution is 2.35. The lowest BCUT2D eigenvalue weighted by atomic mass is 9.94. The summed E-state index contributed by atoms with van der Waals surface area (Å²) < 4.78 is 32.9. The molecule has 0 bridgehead atoms. The summed E-state index contributed by atoms with van der Waals surface area (Å²) >= 11 is 0. The molecular weight excluding hydrogens is 581 g/mol. The van der Waals surface area contributed by atoms with E-state index in [4.69, 9.17) is 4.74 Å². The lowest BCUT2D eigenvalue weighted by molar-refractivity contribution is -0.133. The molecule has 1 aromatic carbocycles. The van der Waals surface area contributed by atoms with Crippen LogP contribution in [0.15, 0.2) is 48.8 Å². The number of hydrogen-bond donors (Lipinski definition) is 2. The molecule has 2 fully saturated rings. The van der Waals surface area contributed by atoms with Gasteiger partial charge in [0, 0.05) is 62.9 Å². The third kappa shape index (κ3) is 6.98. The number of amides is 2. The van der Waals surface area contributed by atoms with Crippen LogP contribution in [0.4, 0.5) is 5.69 Å². The highest BCUT2D eigenvalue weighted by atomic mass is 35.5. The van der Waals surface area contributed by atoms with E-state index in [-0.39, 0.29) is 69.7 Å². The molecule has 2 aromatic rings. The van der Waals surface area contributed by atoms with Crippen LogP contribution in [0, 0.1) is 0 Å². The number of nitrogens with zero attached hydrogens (tertiary/aromatic N) is 4. The van der Waals surface area contributed by atoms with Gasteiger partial charge in [-0.15, -0.1) is 24.8 Å². The number of rotatable bonds is 9. The first-order chi connectivity index (χ1) is 18.3. The van der Waals surface area contributed by atoms with Crippen LogP contribution in [0.2, 0.25) is 0 Å². The molecule has 0 unspecified atom stereocenters. The predicted octanol–water partition coefficient (Wildman–Crippen LogP) is 2.74. The molecule has 2 aliphatic heterocycles. The van der Waals surface area contributed by atoms with Gasteiger partial charge in [-0.3, -0.25) is 19.8 Å². The van der Waals surface area contributed by atoms with Crippen molar-refractivity contribution in [1.29, 1.82) is 0 Å². The van der Waals surface area contributed by atoms with E-state index in [0.29, 0.717) is 25.3 Å². The number of hydrogen-bond acceptors (Lipinski definition) is 8. The standard InChI is InChI=1S/C26H35N5O6S.2ClH/c1-2-3-20-37-23-6-4-22(5-7-23)29-16-18-31(19-17-29)38(35,36)26(25(33)28-34)10-14-30(15-11-26)24(32)21-8-12-27-13-9-21;;/h4-9,12-13,34H,2-3,10-11,14-20H2,1H3,(H,28,33);2*1H. The SMILES string of the molecule is CCCCOc1ccc(N2CCN(S(=O)(=O)C3(C(=O)NO)CCN(C(=O)c4ccncc4)CC3)CC2)cc1.Cl.Cl. The maximum Gasteiger partial charge on any atom is 0.266 e. The Labute approximate surface area is 247 Å². The van der Waals surface area contributed by atoms with Gasteiger partial charge in [0.05, 0.1) is 6.61 Å². The third-order valence-corrected chi connectivity index (χ3v) is 9.97. The minimum Gasteiger partial charge on any atom is -0.494 e. The van der Waals surface area contributed by atoms with E-state index in [2.05, 4.69) is 16.8 Å². The highest BCUT2D eigenvalue weighted by Gasteiger charge is 2.55. The zero-order chi connectivity index (χ0) is 27.2. The van der Waals surface area contributed by atoms with Crippen LogP contribution in [0.1, 0.15) is 43.0 Å². The number of hydroxylamine groups is 1. The molecule has 2 saturated heterocycles. The van der Waals surface area contributed by atoms with Gasteiger partial charge in [-0.1, -0.05) is 13.3 Å². The molecular formula is C26H37Cl2N5O6S. The molecule has 0 spiro atoms. The number of piperazine rings is 1. The number of ether oxygens (including phenoxy) is 1. The minimum atomic E-state index is -4.13. The summed E-state index contributed by atoms with van der Waals surface area (Å²) in [7, 11) is -4.13. The summed E-state index contributed by atoms with van der Waals surface area (Å²) in [6.45, 7) is 4.25. The fourth-order valence-electron chi connectivity index (χ4n) is 4.97. The quantitative estimate of drug-likeness (QED) is 0.249. The molecule has 3 heterocycles. The number of carbonyl (C=O) groups is 2. The number of nitrogens with one attached hydrogen (secondary N) is 1. The second-order valence-corrected chi connectivity index (χ2v) is 11.8. The van der Waals surface area contributed by atoms with Crippen molar-refractivity contribution in [3.8, 4) is 5.75 Å². The van der Waals surface area contributed by atoms with Crippen LogP contribution in [-0.4, -0.2) is 90.3 Å². The molecule has 0 radical (unpaired) electrons. The van der Waals surface area contributed by atoms with E-state index in [9.17, 15) is 23.2 Å². The smallest absolute Gasteiger partial charge is 0.266 e. The highest BCUT2D eigenvalue weighted by molar-refractivity contribution is 7.91. The van der Waals surface area contributed by atoms with Crippen molar-refractivity contribution >= 4 is 52.3 Å². The first kappa shape index (κ1) is 33.6. The molecule has 0 atom stereocenters. The minimum absolute atomic E-state index is 0. The summed E-state index contributed by atoms with van der Waals surface area (Å²) in [5.41, 5.74) is 2.99. The molecule has 14 heteroatoms. The van der Waals surface area contributed by atoms with Gasteiger partial charge >= 0.3 is 0 Å². The second-order valence-electron chi connectivity index (χ2n) is 9.55. The van der Waals surface area contributed by atoms with Gasteiger partial charge in [0.2, 0.25) is 10.0 Å². The fraction of sp³-hybridized carbons (Fsp3) is 0.500. The van der Waals surface area contributed by atoms with E-state index in [1.165, 1.54) is 21.6 Å². The molecule has 2 amide bonds. The third-order valence-electron chi connectivity index (χ3n) is 7.34. The molecule has 222 valence electrons. The number of halogens is 2. The Morgan fingerprint density at radius 2 is 1.57 bits per heavy atom. The number of anilines is 1. The molecule has 2 aliphatic rings. The van der Waals surface area contributed by atoms with Gasteiger partial charge in [-0.2, -0.15) is 4.31 Å². The lowest BCUT2D eigenvalue weighted by Crippen LogP contribution is -2.64. The van der Waals surface area contributed by atoms with E-state index < -0.39 is 20.7 Å². The van der Waals surface area contributed by atoms with Crippen LogP contribution in [0.25, 0.3) is 0 Å². The van der Waals surface area contributed by atoms with Gasteiger partial charge in [0.1, 0.15) is 5.75 Å². The van der Waals surface area contributed by atoms with Gasteiger partial charge in [0.15, 0.2) is 4.75 Å². The van der Waals surface area contributed by atoms with Crippen molar-refractivity contribution in [3.63, 3.8) is 0 Å². The number of carbonyl (C=O) groups excluding carboxylic acids is 2. The summed E-state index contributed by atoms with van der Waals surface area (Å²) in [6, 6.07) is 10.9. The molecule has 2 N–H and O–H groups in total. The number of aromatic nitrogens is 1. The summed E-state index contributed by atoms with van der Waals surface area (Å²) in [6.07, 6.45) is 4.86. The monoisotopic (exact) mass is 617 g/mol. The van der Waals surface area contributed by atoms with Crippen LogP contribution in [0.3, 0.4) is 0 Å². The Hall–Kier alpha value is -2.64. The van der Waals surface area contributed by atoms with Crippen molar-refractivity contribution in [2.45, 2.75) is 37.4 Å². The van der Waals surface area contributed by atoms with Crippen LogP contribution in [0.5, 0.6) is 5.75 Å². The summed E-state index contributed by atoms with van der Waals surface area (Å²) in [5.74, 6) is -0.415. The number of likely N-dealkylation sites (tertiary alicyclic amines) is 1. The van der Waals surface area contributed by atoms with Gasteiger partial charge in [-0.25, -0.2) is 13.9 Å². The number of pyridine rings is 1. The van der Waals surface area contributed by atoms with Gasteiger partial charge in [-0.05, 0) is 55.7 Å². The molecule has 0 saturated carbocycles. The van der Waals surface area contributed by atoms with Crippen molar-refractivity contribution in [3.05, 3.63) is 54.4 Å².